The molecule has 8 heteroatoms. The second-order valence-electron chi connectivity index (χ2n) is 6.16. The number of likely N-dealkylation sites (tertiary alicyclic amines) is 1. The number of carboxylic acids is 1. The van der Waals surface area contributed by atoms with E-state index >= 15 is 0 Å². The number of carboxylic acid groups (broad SMARTS) is 1. The van der Waals surface area contributed by atoms with E-state index in [2.05, 4.69) is 21.5 Å². The fourth-order valence-corrected chi connectivity index (χ4v) is 2.81. The molecular formula is C16H22N4O4. The molecule has 2 rings (SSSR count). The van der Waals surface area contributed by atoms with Crippen LogP contribution in [0.2, 0.25) is 0 Å². The van der Waals surface area contributed by atoms with Gasteiger partial charge >= 0.3 is 5.97 Å². The van der Waals surface area contributed by atoms with Crippen molar-refractivity contribution in [3.05, 3.63) is 0 Å². The summed E-state index contributed by atoms with van der Waals surface area (Å²) >= 11 is 0. The zero-order valence-corrected chi connectivity index (χ0v) is 13.5. The van der Waals surface area contributed by atoms with Crippen LogP contribution in [0.15, 0.2) is 10.2 Å². The molecule has 2 aliphatic rings. The van der Waals surface area contributed by atoms with E-state index in [1.807, 2.05) is 0 Å². The van der Waals surface area contributed by atoms with Crippen LogP contribution in [0, 0.1) is 12.3 Å². The molecular weight excluding hydrogens is 312 g/mol. The lowest BCUT2D eigenvalue weighted by Crippen LogP contribution is -2.48. The molecule has 0 aromatic rings. The Balaban J connectivity index is 1.82. The molecule has 0 saturated carbocycles. The average molecular weight is 334 g/mol. The number of hydrogen-bond donors (Lipinski definition) is 2. The van der Waals surface area contributed by atoms with Crippen molar-refractivity contribution in [1.29, 1.82) is 0 Å². The van der Waals surface area contributed by atoms with Crippen molar-refractivity contribution in [2.24, 2.45) is 10.2 Å². The first kappa shape index (κ1) is 17.9. The Morgan fingerprint density at radius 3 is 2.75 bits per heavy atom. The van der Waals surface area contributed by atoms with Crippen LogP contribution in [-0.2, 0) is 14.4 Å². The summed E-state index contributed by atoms with van der Waals surface area (Å²) < 4.78 is 0. The Hall–Kier alpha value is -2.43. The van der Waals surface area contributed by atoms with Crippen LogP contribution in [0.25, 0.3) is 0 Å². The van der Waals surface area contributed by atoms with Crippen molar-refractivity contribution in [2.45, 2.75) is 56.7 Å². The minimum Gasteiger partial charge on any atom is -0.480 e. The number of aliphatic carboxylic acids is 1. The molecule has 0 aliphatic carbocycles. The van der Waals surface area contributed by atoms with Crippen molar-refractivity contribution >= 4 is 17.8 Å². The molecule has 8 nitrogen and oxygen atoms in total. The maximum Gasteiger partial charge on any atom is 0.323 e. The monoisotopic (exact) mass is 334 g/mol. The normalized spacial score (nSPS) is 21.7. The summed E-state index contributed by atoms with van der Waals surface area (Å²) in [7, 11) is 0. The molecule has 2 amide bonds. The molecule has 130 valence electrons. The lowest BCUT2D eigenvalue weighted by Gasteiger charge is -2.23. The molecule has 0 aromatic heterocycles. The van der Waals surface area contributed by atoms with Crippen molar-refractivity contribution in [1.82, 2.24) is 10.2 Å². The molecule has 1 atom stereocenters. The molecule has 2 aliphatic heterocycles. The van der Waals surface area contributed by atoms with E-state index in [9.17, 15) is 14.4 Å². The Morgan fingerprint density at radius 1 is 1.38 bits per heavy atom. The molecule has 0 bridgehead atoms. The maximum atomic E-state index is 12.4. The second-order valence-corrected chi connectivity index (χ2v) is 6.16. The van der Waals surface area contributed by atoms with Gasteiger partial charge in [0, 0.05) is 32.2 Å². The van der Waals surface area contributed by atoms with E-state index in [0.717, 1.165) is 12.8 Å². The standard InChI is InChI=1S/C16H22N4O4/c1-2-3-8-16(18-19-16)9-7-13(21)17-12-6-4-5-10-20(15(12)24)11-14(22)23/h1,12H,3-11H2,(H,17,21)(H,22,23). The largest absolute Gasteiger partial charge is 0.480 e. The van der Waals surface area contributed by atoms with Gasteiger partial charge in [-0.2, -0.15) is 10.2 Å². The van der Waals surface area contributed by atoms with Crippen molar-refractivity contribution in [2.75, 3.05) is 13.1 Å². The van der Waals surface area contributed by atoms with Crippen molar-refractivity contribution in [3.8, 4) is 12.3 Å². The SMILES string of the molecule is C#CCCC1(CCC(=O)NC2CCCCN(CC(=O)O)C2=O)N=N1. The summed E-state index contributed by atoms with van der Waals surface area (Å²) in [5.41, 5.74) is -0.521. The highest BCUT2D eigenvalue weighted by molar-refractivity contribution is 5.89. The van der Waals surface area contributed by atoms with Gasteiger partial charge in [0.05, 0.1) is 0 Å². The summed E-state index contributed by atoms with van der Waals surface area (Å²) in [6.07, 6.45) is 9.12. The quantitative estimate of drug-likeness (QED) is 0.643. The van der Waals surface area contributed by atoms with E-state index in [4.69, 9.17) is 11.5 Å². The molecule has 0 aromatic carbocycles. The van der Waals surface area contributed by atoms with Gasteiger partial charge < -0.3 is 15.3 Å². The van der Waals surface area contributed by atoms with Crippen molar-refractivity contribution in [3.63, 3.8) is 0 Å². The molecule has 1 fully saturated rings. The lowest BCUT2D eigenvalue weighted by molar-refractivity contribution is -0.145. The topological polar surface area (TPSA) is 111 Å². The first-order valence-electron chi connectivity index (χ1n) is 8.13. The molecule has 24 heavy (non-hydrogen) atoms. The first-order chi connectivity index (χ1) is 11.5. The first-order valence-corrected chi connectivity index (χ1v) is 8.13. The van der Waals surface area contributed by atoms with Crippen LogP contribution in [0.5, 0.6) is 0 Å². The Labute approximate surface area is 140 Å². The summed E-state index contributed by atoms with van der Waals surface area (Å²) in [5, 5.41) is 19.5. The third-order valence-electron chi connectivity index (χ3n) is 4.25. The summed E-state index contributed by atoms with van der Waals surface area (Å²) in [5.74, 6) is 0.904. The van der Waals surface area contributed by atoms with Crippen LogP contribution in [0.3, 0.4) is 0 Å². The van der Waals surface area contributed by atoms with Gasteiger partial charge in [0.15, 0.2) is 5.66 Å². The van der Waals surface area contributed by atoms with Crippen LogP contribution >= 0.6 is 0 Å². The minimum atomic E-state index is -1.05. The van der Waals surface area contributed by atoms with Gasteiger partial charge in [-0.1, -0.05) is 0 Å². The van der Waals surface area contributed by atoms with Crippen molar-refractivity contribution < 1.29 is 19.5 Å². The van der Waals surface area contributed by atoms with Gasteiger partial charge in [-0.05, 0) is 19.3 Å². The van der Waals surface area contributed by atoms with Gasteiger partial charge in [0.2, 0.25) is 11.8 Å². The van der Waals surface area contributed by atoms with Gasteiger partial charge in [0.25, 0.3) is 0 Å². The molecule has 2 heterocycles. The van der Waals surface area contributed by atoms with Gasteiger partial charge in [-0.25, -0.2) is 0 Å². The predicted octanol–water partition coefficient (Wildman–Crippen LogP) is 0.924. The van der Waals surface area contributed by atoms with Gasteiger partial charge in [-0.3, -0.25) is 14.4 Å². The van der Waals surface area contributed by atoms with Crippen LogP contribution in [0.1, 0.15) is 44.9 Å². The predicted molar refractivity (Wildman–Crippen MR) is 84.9 cm³/mol. The Bertz CT molecular complexity index is 575. The summed E-state index contributed by atoms with van der Waals surface area (Å²) in [4.78, 5) is 36.6. The number of terminal acetylenes is 1. The minimum absolute atomic E-state index is 0.209. The highest BCUT2D eigenvalue weighted by Gasteiger charge is 2.39. The van der Waals surface area contributed by atoms with Crippen LogP contribution < -0.4 is 5.32 Å². The van der Waals surface area contributed by atoms with E-state index in [1.165, 1.54) is 4.90 Å². The number of carbonyl (C=O) groups is 3. The zero-order valence-electron chi connectivity index (χ0n) is 13.5. The number of carbonyl (C=O) groups excluding carboxylic acids is 2. The van der Waals surface area contributed by atoms with Gasteiger partial charge in [0.1, 0.15) is 12.6 Å². The molecule has 1 saturated heterocycles. The fourth-order valence-electron chi connectivity index (χ4n) is 2.81. The average Bonchev–Trinajstić information content (AvgIpc) is 3.33. The number of nitrogens with one attached hydrogen (secondary N) is 1. The van der Waals surface area contributed by atoms with E-state index in [-0.39, 0.29) is 24.8 Å². The van der Waals surface area contributed by atoms with Crippen LogP contribution in [-0.4, -0.2) is 52.6 Å². The number of amides is 2. The Morgan fingerprint density at radius 2 is 2.12 bits per heavy atom. The highest BCUT2D eigenvalue weighted by Crippen LogP contribution is 2.37. The summed E-state index contributed by atoms with van der Waals surface area (Å²) in [6.45, 7) is 0.0721. The molecule has 2 N–H and O–H groups in total. The van der Waals surface area contributed by atoms with E-state index < -0.39 is 17.7 Å². The zero-order chi connectivity index (χ0) is 17.6. The molecule has 0 spiro atoms. The smallest absolute Gasteiger partial charge is 0.323 e. The number of hydrogen-bond acceptors (Lipinski definition) is 5. The van der Waals surface area contributed by atoms with Crippen LogP contribution in [0.4, 0.5) is 0 Å². The third kappa shape index (κ3) is 5.05. The maximum absolute atomic E-state index is 12.4. The van der Waals surface area contributed by atoms with E-state index in [1.54, 1.807) is 0 Å². The second kappa shape index (κ2) is 7.90. The number of nitrogens with zero attached hydrogens (tertiary/aromatic N) is 3. The third-order valence-corrected chi connectivity index (χ3v) is 4.25. The molecule has 0 radical (unpaired) electrons. The molecule has 1 unspecified atom stereocenters. The summed E-state index contributed by atoms with van der Waals surface area (Å²) in [6, 6.07) is -0.658. The van der Waals surface area contributed by atoms with Gasteiger partial charge in [-0.15, -0.1) is 12.3 Å². The Kier molecular flexibility index (Phi) is 5.90. The fraction of sp³-hybridized carbons (Fsp3) is 0.688. The lowest BCUT2D eigenvalue weighted by atomic mass is 10.0. The van der Waals surface area contributed by atoms with E-state index in [0.29, 0.717) is 32.2 Å². The highest BCUT2D eigenvalue weighted by atomic mass is 16.4. The number of rotatable bonds is 8.